The van der Waals surface area contributed by atoms with Crippen LogP contribution in [-0.2, 0) is 4.79 Å². The van der Waals surface area contributed by atoms with Gasteiger partial charge in [0, 0.05) is 6.20 Å². The first-order chi connectivity index (χ1) is 11.2. The molecule has 7 heteroatoms. The van der Waals surface area contributed by atoms with Crippen molar-refractivity contribution in [2.75, 3.05) is 20.0 Å². The van der Waals surface area contributed by atoms with Crippen LogP contribution in [0.25, 0.3) is 0 Å². The summed E-state index contributed by atoms with van der Waals surface area (Å²) >= 11 is 1.35. The Morgan fingerprint density at radius 2 is 2.09 bits per heavy atom. The topological polar surface area (TPSA) is 72.8 Å². The standard InChI is InChI=1S/C16H17N3O3S/c1-21-13-7-6-12(9-14(13)22-2)10-18-19-15(20)11-23-16-5-3-4-8-17-16/h3-10H,11H2,1-2H3,(H,19,20). The van der Waals surface area contributed by atoms with Crippen molar-refractivity contribution in [1.82, 2.24) is 10.4 Å². The third-order valence-electron chi connectivity index (χ3n) is 2.80. The maximum atomic E-state index is 11.7. The van der Waals surface area contributed by atoms with Crippen molar-refractivity contribution in [3.8, 4) is 11.5 Å². The number of nitrogens with zero attached hydrogens (tertiary/aromatic N) is 2. The van der Waals surface area contributed by atoms with E-state index in [0.29, 0.717) is 11.5 Å². The molecule has 1 N–H and O–H groups in total. The number of amides is 1. The Bertz CT molecular complexity index is 678. The van der Waals surface area contributed by atoms with Gasteiger partial charge in [-0.05, 0) is 35.9 Å². The molecule has 1 aromatic heterocycles. The summed E-state index contributed by atoms with van der Waals surface area (Å²) in [6, 6.07) is 10.9. The van der Waals surface area contributed by atoms with Gasteiger partial charge in [0.25, 0.3) is 0 Å². The van der Waals surface area contributed by atoms with Crippen LogP contribution in [0.1, 0.15) is 5.56 Å². The van der Waals surface area contributed by atoms with Crippen molar-refractivity contribution in [3.05, 3.63) is 48.2 Å². The van der Waals surface area contributed by atoms with Crippen LogP contribution in [0.2, 0.25) is 0 Å². The highest BCUT2D eigenvalue weighted by Gasteiger charge is 2.04. The molecule has 0 atom stereocenters. The number of carbonyl (C=O) groups excluding carboxylic acids is 1. The minimum atomic E-state index is -0.197. The van der Waals surface area contributed by atoms with E-state index in [1.165, 1.54) is 11.8 Å². The van der Waals surface area contributed by atoms with E-state index in [1.54, 1.807) is 38.8 Å². The third-order valence-corrected chi connectivity index (χ3v) is 3.74. The highest BCUT2D eigenvalue weighted by atomic mass is 32.2. The van der Waals surface area contributed by atoms with E-state index >= 15 is 0 Å². The number of carbonyl (C=O) groups is 1. The zero-order chi connectivity index (χ0) is 16.5. The van der Waals surface area contributed by atoms with Crippen LogP contribution in [0.15, 0.2) is 52.7 Å². The van der Waals surface area contributed by atoms with Gasteiger partial charge in [-0.15, -0.1) is 0 Å². The molecule has 6 nitrogen and oxygen atoms in total. The number of aromatic nitrogens is 1. The summed E-state index contributed by atoms with van der Waals surface area (Å²) in [5, 5.41) is 4.73. The number of benzene rings is 1. The molecule has 120 valence electrons. The summed E-state index contributed by atoms with van der Waals surface area (Å²) in [6.07, 6.45) is 3.24. The lowest BCUT2D eigenvalue weighted by atomic mass is 10.2. The maximum Gasteiger partial charge on any atom is 0.250 e. The summed E-state index contributed by atoms with van der Waals surface area (Å²) in [7, 11) is 3.14. The van der Waals surface area contributed by atoms with Crippen molar-refractivity contribution >= 4 is 23.9 Å². The fourth-order valence-electron chi connectivity index (χ4n) is 1.72. The predicted octanol–water partition coefficient (Wildman–Crippen LogP) is 2.34. The van der Waals surface area contributed by atoms with Gasteiger partial charge in [0.2, 0.25) is 5.91 Å². The van der Waals surface area contributed by atoms with Crippen LogP contribution in [0.3, 0.4) is 0 Å². The number of rotatable bonds is 7. The van der Waals surface area contributed by atoms with Crippen molar-refractivity contribution in [3.63, 3.8) is 0 Å². The number of pyridine rings is 1. The van der Waals surface area contributed by atoms with Crippen molar-refractivity contribution in [2.45, 2.75) is 5.03 Å². The Morgan fingerprint density at radius 1 is 1.26 bits per heavy atom. The predicted molar refractivity (Wildman–Crippen MR) is 90.2 cm³/mol. The number of methoxy groups -OCH3 is 2. The van der Waals surface area contributed by atoms with Crippen molar-refractivity contribution in [1.29, 1.82) is 0 Å². The van der Waals surface area contributed by atoms with Gasteiger partial charge in [0.1, 0.15) is 0 Å². The second-order valence-corrected chi connectivity index (χ2v) is 5.36. The number of hydrazone groups is 1. The molecule has 23 heavy (non-hydrogen) atoms. The molecule has 0 spiro atoms. The monoisotopic (exact) mass is 331 g/mol. The van der Waals surface area contributed by atoms with Crippen LogP contribution in [0.4, 0.5) is 0 Å². The van der Waals surface area contributed by atoms with Crippen LogP contribution in [0, 0.1) is 0 Å². The number of nitrogens with one attached hydrogen (secondary N) is 1. The van der Waals surface area contributed by atoms with Gasteiger partial charge in [-0.2, -0.15) is 5.10 Å². The minimum absolute atomic E-state index is 0.197. The fourth-order valence-corrected chi connectivity index (χ4v) is 2.37. The van der Waals surface area contributed by atoms with Gasteiger partial charge in [-0.25, -0.2) is 10.4 Å². The molecule has 0 saturated heterocycles. The van der Waals surface area contributed by atoms with Crippen LogP contribution in [0.5, 0.6) is 11.5 Å². The summed E-state index contributed by atoms with van der Waals surface area (Å²) in [5.41, 5.74) is 3.27. The second-order valence-electron chi connectivity index (χ2n) is 4.36. The van der Waals surface area contributed by atoms with Gasteiger partial charge < -0.3 is 9.47 Å². The Balaban J connectivity index is 1.85. The average Bonchev–Trinajstić information content (AvgIpc) is 2.60. The van der Waals surface area contributed by atoms with Crippen molar-refractivity contribution < 1.29 is 14.3 Å². The number of thioether (sulfide) groups is 1. The van der Waals surface area contributed by atoms with E-state index in [9.17, 15) is 4.79 Å². The molecule has 0 aliphatic heterocycles. The smallest absolute Gasteiger partial charge is 0.250 e. The number of hydrogen-bond donors (Lipinski definition) is 1. The molecule has 1 amide bonds. The number of hydrogen-bond acceptors (Lipinski definition) is 6. The molecule has 1 heterocycles. The van der Waals surface area contributed by atoms with E-state index in [1.807, 2.05) is 24.3 Å². The van der Waals surface area contributed by atoms with Crippen LogP contribution >= 0.6 is 11.8 Å². The molecule has 0 radical (unpaired) electrons. The van der Waals surface area contributed by atoms with E-state index in [0.717, 1.165) is 10.6 Å². The molecule has 0 saturated carbocycles. The second kappa shape index (κ2) is 8.79. The van der Waals surface area contributed by atoms with Gasteiger partial charge in [-0.1, -0.05) is 17.8 Å². The Kier molecular flexibility index (Phi) is 6.43. The lowest BCUT2D eigenvalue weighted by Gasteiger charge is -2.07. The molecule has 2 rings (SSSR count). The SMILES string of the molecule is COc1ccc(C=NNC(=O)CSc2ccccn2)cc1OC. The molecular formula is C16H17N3O3S. The number of ether oxygens (including phenoxy) is 2. The van der Waals surface area contributed by atoms with Crippen molar-refractivity contribution in [2.24, 2.45) is 5.10 Å². The lowest BCUT2D eigenvalue weighted by molar-refractivity contribution is -0.118. The molecule has 1 aromatic carbocycles. The Morgan fingerprint density at radius 3 is 2.78 bits per heavy atom. The third kappa shape index (κ3) is 5.30. The molecule has 2 aromatic rings. The molecule has 0 bridgehead atoms. The minimum Gasteiger partial charge on any atom is -0.493 e. The van der Waals surface area contributed by atoms with E-state index in [-0.39, 0.29) is 11.7 Å². The van der Waals surface area contributed by atoms with Gasteiger partial charge in [-0.3, -0.25) is 4.79 Å². The molecule has 0 fully saturated rings. The summed E-state index contributed by atoms with van der Waals surface area (Å²) in [4.78, 5) is 15.8. The summed E-state index contributed by atoms with van der Waals surface area (Å²) in [6.45, 7) is 0. The quantitative estimate of drug-likeness (QED) is 0.479. The Hall–Kier alpha value is -2.54. The van der Waals surface area contributed by atoms with Gasteiger partial charge in [0.15, 0.2) is 11.5 Å². The maximum absolute atomic E-state index is 11.7. The fraction of sp³-hybridized carbons (Fsp3) is 0.188. The highest BCUT2D eigenvalue weighted by Crippen LogP contribution is 2.26. The average molecular weight is 331 g/mol. The normalized spacial score (nSPS) is 10.5. The molecule has 0 unspecified atom stereocenters. The Labute approximate surface area is 138 Å². The summed E-state index contributed by atoms with van der Waals surface area (Å²) < 4.78 is 10.4. The highest BCUT2D eigenvalue weighted by molar-refractivity contribution is 7.99. The van der Waals surface area contributed by atoms with Gasteiger partial charge in [0.05, 0.1) is 31.2 Å². The first-order valence-corrected chi connectivity index (χ1v) is 7.79. The van der Waals surface area contributed by atoms with E-state index in [2.05, 4.69) is 15.5 Å². The zero-order valence-electron chi connectivity index (χ0n) is 12.9. The molecular weight excluding hydrogens is 314 g/mol. The van der Waals surface area contributed by atoms with E-state index < -0.39 is 0 Å². The summed E-state index contributed by atoms with van der Waals surface area (Å²) in [5.74, 6) is 1.30. The van der Waals surface area contributed by atoms with Gasteiger partial charge >= 0.3 is 0 Å². The zero-order valence-corrected chi connectivity index (χ0v) is 13.7. The van der Waals surface area contributed by atoms with Crippen LogP contribution < -0.4 is 14.9 Å². The molecule has 0 aliphatic rings. The molecule has 0 aliphatic carbocycles. The largest absolute Gasteiger partial charge is 0.493 e. The van der Waals surface area contributed by atoms with E-state index in [4.69, 9.17) is 9.47 Å². The first kappa shape index (κ1) is 16.8. The first-order valence-electron chi connectivity index (χ1n) is 6.80. The van der Waals surface area contributed by atoms with Crippen LogP contribution in [-0.4, -0.2) is 37.1 Å². The lowest BCUT2D eigenvalue weighted by Crippen LogP contribution is -2.19.